The number of rotatable bonds is 4. The van der Waals surface area contributed by atoms with Crippen LogP contribution >= 0.6 is 0 Å². The highest BCUT2D eigenvalue weighted by Crippen LogP contribution is 2.15. The summed E-state index contributed by atoms with van der Waals surface area (Å²) < 4.78 is 5.27. The zero-order valence-electron chi connectivity index (χ0n) is 10.7. The van der Waals surface area contributed by atoms with E-state index in [1.165, 1.54) is 4.90 Å². The number of morpholine rings is 1. The first kappa shape index (κ1) is 13.3. The maximum atomic E-state index is 10.9. The Bertz CT molecular complexity index is 461. The third kappa shape index (κ3) is 3.41. The van der Waals surface area contributed by atoms with E-state index in [2.05, 4.69) is 15.0 Å². The quantitative estimate of drug-likeness (QED) is 0.655. The van der Waals surface area contributed by atoms with Crippen LogP contribution in [0.2, 0.25) is 0 Å². The highest BCUT2D eigenvalue weighted by molar-refractivity contribution is 5.78. The Morgan fingerprint density at radius 1 is 1.37 bits per heavy atom. The predicted molar refractivity (Wildman–Crippen MR) is 69.7 cm³/mol. The summed E-state index contributed by atoms with van der Waals surface area (Å²) in [6, 6.07) is 0. The highest BCUT2D eigenvalue weighted by atomic mass is 16.5. The van der Waals surface area contributed by atoms with Crippen LogP contribution in [-0.4, -0.2) is 60.8 Å². The molecule has 0 aliphatic carbocycles. The van der Waals surface area contributed by atoms with E-state index in [1.54, 1.807) is 7.05 Å². The summed E-state index contributed by atoms with van der Waals surface area (Å²) in [4.78, 5) is 26.8. The van der Waals surface area contributed by atoms with Crippen molar-refractivity contribution in [2.45, 2.75) is 0 Å². The van der Waals surface area contributed by atoms with E-state index in [4.69, 9.17) is 16.2 Å². The SMILES string of the molecule is CN(CC(N)=O)c1nc(N)nc(N2CCOCC2)n1. The molecule has 1 aromatic rings. The molecule has 0 spiro atoms. The van der Waals surface area contributed by atoms with Gasteiger partial charge in [0.15, 0.2) is 0 Å². The third-order valence-corrected chi connectivity index (χ3v) is 2.66. The second-order valence-electron chi connectivity index (χ2n) is 4.22. The molecule has 1 aliphatic heterocycles. The minimum Gasteiger partial charge on any atom is -0.378 e. The van der Waals surface area contributed by atoms with Crippen molar-refractivity contribution < 1.29 is 9.53 Å². The standard InChI is InChI=1S/C10H17N7O2/c1-16(6-7(11)18)9-13-8(12)14-10(15-9)17-2-4-19-5-3-17/h2-6H2,1H3,(H2,11,18)(H2,12,13,14,15). The van der Waals surface area contributed by atoms with Gasteiger partial charge in [-0.1, -0.05) is 0 Å². The third-order valence-electron chi connectivity index (χ3n) is 2.66. The summed E-state index contributed by atoms with van der Waals surface area (Å²) in [5.74, 6) is 0.465. The van der Waals surface area contributed by atoms with Crippen LogP contribution in [0.4, 0.5) is 17.8 Å². The van der Waals surface area contributed by atoms with E-state index in [0.29, 0.717) is 38.2 Å². The topological polar surface area (TPSA) is 123 Å². The van der Waals surface area contributed by atoms with E-state index in [0.717, 1.165) is 0 Å². The molecule has 1 saturated heterocycles. The number of hydrogen-bond donors (Lipinski definition) is 2. The Balaban J connectivity index is 2.20. The van der Waals surface area contributed by atoms with E-state index >= 15 is 0 Å². The van der Waals surface area contributed by atoms with E-state index < -0.39 is 5.91 Å². The van der Waals surface area contributed by atoms with Gasteiger partial charge in [-0.3, -0.25) is 4.79 Å². The molecule has 2 rings (SSSR count). The Hall–Kier alpha value is -2.16. The number of hydrogen-bond acceptors (Lipinski definition) is 8. The number of amides is 1. The predicted octanol–water partition coefficient (Wildman–Crippen LogP) is -1.79. The van der Waals surface area contributed by atoms with Gasteiger partial charge in [0.05, 0.1) is 19.8 Å². The Morgan fingerprint density at radius 2 is 2.05 bits per heavy atom. The molecule has 4 N–H and O–H groups in total. The minimum atomic E-state index is -0.464. The van der Waals surface area contributed by atoms with Gasteiger partial charge in [0, 0.05) is 20.1 Å². The second kappa shape index (κ2) is 5.65. The minimum absolute atomic E-state index is 0.0198. The first-order chi connectivity index (χ1) is 9.06. The Morgan fingerprint density at radius 3 is 2.68 bits per heavy atom. The molecule has 2 heterocycles. The molecule has 104 valence electrons. The molecule has 0 aromatic carbocycles. The van der Waals surface area contributed by atoms with Crippen molar-refractivity contribution in [3.8, 4) is 0 Å². The lowest BCUT2D eigenvalue weighted by Gasteiger charge is -2.27. The average Bonchev–Trinajstić information content (AvgIpc) is 2.38. The van der Waals surface area contributed by atoms with Crippen LogP contribution < -0.4 is 21.3 Å². The number of carbonyl (C=O) groups is 1. The fourth-order valence-corrected chi connectivity index (χ4v) is 1.75. The highest BCUT2D eigenvalue weighted by Gasteiger charge is 2.17. The normalized spacial score (nSPS) is 15.3. The summed E-state index contributed by atoms with van der Waals surface area (Å²) in [6.45, 7) is 2.66. The second-order valence-corrected chi connectivity index (χ2v) is 4.22. The number of nitrogens with zero attached hydrogens (tertiary/aromatic N) is 5. The summed E-state index contributed by atoms with van der Waals surface area (Å²) in [6.07, 6.45) is 0. The number of primary amides is 1. The molecular formula is C10H17N7O2. The van der Waals surface area contributed by atoms with Gasteiger partial charge in [-0.15, -0.1) is 0 Å². The number of likely N-dealkylation sites (N-methyl/N-ethyl adjacent to an activating group) is 1. The lowest BCUT2D eigenvalue weighted by atomic mass is 10.4. The average molecular weight is 267 g/mol. The Kier molecular flexibility index (Phi) is 3.95. The zero-order valence-corrected chi connectivity index (χ0v) is 10.7. The summed E-state index contributed by atoms with van der Waals surface area (Å²) in [5.41, 5.74) is 10.8. The van der Waals surface area contributed by atoms with Crippen LogP contribution in [0.3, 0.4) is 0 Å². The molecule has 0 atom stereocenters. The molecule has 9 nitrogen and oxygen atoms in total. The number of aromatic nitrogens is 3. The first-order valence-electron chi connectivity index (χ1n) is 5.90. The molecule has 1 fully saturated rings. The summed E-state index contributed by atoms with van der Waals surface area (Å²) in [7, 11) is 1.67. The molecule has 0 saturated carbocycles. The van der Waals surface area contributed by atoms with Gasteiger partial charge in [-0.05, 0) is 0 Å². The fraction of sp³-hybridized carbons (Fsp3) is 0.600. The van der Waals surface area contributed by atoms with Crippen LogP contribution in [-0.2, 0) is 9.53 Å². The summed E-state index contributed by atoms with van der Waals surface area (Å²) in [5, 5.41) is 0. The maximum absolute atomic E-state index is 10.9. The van der Waals surface area contributed by atoms with Gasteiger partial charge in [0.2, 0.25) is 23.8 Å². The van der Waals surface area contributed by atoms with Crippen LogP contribution in [0.1, 0.15) is 0 Å². The molecule has 19 heavy (non-hydrogen) atoms. The van der Waals surface area contributed by atoms with Crippen molar-refractivity contribution in [1.29, 1.82) is 0 Å². The lowest BCUT2D eigenvalue weighted by Crippen LogP contribution is -2.38. The van der Waals surface area contributed by atoms with Crippen molar-refractivity contribution >= 4 is 23.8 Å². The largest absolute Gasteiger partial charge is 0.378 e. The van der Waals surface area contributed by atoms with Crippen molar-refractivity contribution in [2.75, 3.05) is 55.4 Å². The number of nitrogen functional groups attached to an aromatic ring is 1. The number of nitrogens with two attached hydrogens (primary N) is 2. The van der Waals surface area contributed by atoms with Gasteiger partial charge in [-0.25, -0.2) is 0 Å². The molecule has 1 aliphatic rings. The van der Waals surface area contributed by atoms with Gasteiger partial charge < -0.3 is 26.0 Å². The van der Waals surface area contributed by atoms with Crippen molar-refractivity contribution in [3.05, 3.63) is 0 Å². The monoisotopic (exact) mass is 267 g/mol. The van der Waals surface area contributed by atoms with Gasteiger partial charge in [0.1, 0.15) is 0 Å². The van der Waals surface area contributed by atoms with Gasteiger partial charge in [-0.2, -0.15) is 15.0 Å². The van der Waals surface area contributed by atoms with Gasteiger partial charge >= 0.3 is 0 Å². The van der Waals surface area contributed by atoms with Crippen LogP contribution in [0, 0.1) is 0 Å². The molecule has 0 bridgehead atoms. The van der Waals surface area contributed by atoms with Crippen molar-refractivity contribution in [2.24, 2.45) is 5.73 Å². The molecule has 9 heteroatoms. The Labute approximate surface area is 110 Å². The van der Waals surface area contributed by atoms with Crippen LogP contribution in [0.5, 0.6) is 0 Å². The maximum Gasteiger partial charge on any atom is 0.237 e. The van der Waals surface area contributed by atoms with Crippen LogP contribution in [0.15, 0.2) is 0 Å². The fourth-order valence-electron chi connectivity index (χ4n) is 1.75. The number of ether oxygens (including phenoxy) is 1. The smallest absolute Gasteiger partial charge is 0.237 e. The molecule has 0 radical (unpaired) electrons. The van der Waals surface area contributed by atoms with E-state index in [1.807, 2.05) is 4.90 Å². The number of anilines is 3. The molecule has 0 unspecified atom stereocenters. The van der Waals surface area contributed by atoms with Gasteiger partial charge in [0.25, 0.3) is 0 Å². The van der Waals surface area contributed by atoms with Crippen molar-refractivity contribution in [1.82, 2.24) is 15.0 Å². The van der Waals surface area contributed by atoms with E-state index in [9.17, 15) is 4.79 Å². The number of carbonyl (C=O) groups excluding carboxylic acids is 1. The first-order valence-corrected chi connectivity index (χ1v) is 5.90. The summed E-state index contributed by atoms with van der Waals surface area (Å²) >= 11 is 0. The van der Waals surface area contributed by atoms with Crippen molar-refractivity contribution in [3.63, 3.8) is 0 Å². The zero-order chi connectivity index (χ0) is 13.8. The molecule has 1 amide bonds. The van der Waals surface area contributed by atoms with E-state index in [-0.39, 0.29) is 12.5 Å². The lowest BCUT2D eigenvalue weighted by molar-refractivity contribution is -0.116. The van der Waals surface area contributed by atoms with Crippen LogP contribution in [0.25, 0.3) is 0 Å². The molecule has 1 aromatic heterocycles. The molecular weight excluding hydrogens is 250 g/mol.